The summed E-state index contributed by atoms with van der Waals surface area (Å²) in [5.74, 6) is -0.645. The maximum absolute atomic E-state index is 12.4. The Balaban J connectivity index is 4.75. The first-order valence-corrected chi connectivity index (χ1v) is 5.94. The van der Waals surface area contributed by atoms with Gasteiger partial charge in [-0.15, -0.1) is 0 Å². The topological polar surface area (TPSA) is 69.4 Å². The molecule has 15 heavy (non-hydrogen) atoms. The van der Waals surface area contributed by atoms with Gasteiger partial charge in [-0.1, -0.05) is 0 Å². The Labute approximate surface area is 86.5 Å². The lowest BCUT2D eigenvalue weighted by Crippen LogP contribution is -2.40. The molecule has 0 saturated carbocycles. The molecule has 0 aromatic carbocycles. The van der Waals surface area contributed by atoms with Crippen LogP contribution in [-0.4, -0.2) is 45.9 Å². The molecule has 0 saturated heterocycles. The van der Waals surface area contributed by atoms with Crippen molar-refractivity contribution in [3.8, 4) is 0 Å². The molecule has 0 fully saturated rings. The lowest BCUT2D eigenvalue weighted by atomic mass is 10.3. The number of sulfone groups is 1. The second-order valence-corrected chi connectivity index (χ2v) is 5.27. The number of halogens is 3. The highest BCUT2D eigenvalue weighted by Crippen LogP contribution is 2.28. The van der Waals surface area contributed by atoms with Crippen LogP contribution in [0.3, 0.4) is 0 Å². The molecule has 0 aromatic heterocycles. The summed E-state index contributed by atoms with van der Waals surface area (Å²) in [7, 11) is -3.01. The zero-order valence-corrected chi connectivity index (χ0v) is 9.07. The van der Waals surface area contributed by atoms with Gasteiger partial charge in [-0.2, -0.15) is 13.2 Å². The monoisotopic (exact) mass is 249 g/mol. The lowest BCUT2D eigenvalue weighted by molar-refractivity contribution is -0.131. The predicted octanol–water partition coefficient (Wildman–Crippen LogP) is 0.327. The van der Waals surface area contributed by atoms with Crippen molar-refractivity contribution in [3.05, 3.63) is 0 Å². The first kappa shape index (κ1) is 14.7. The number of rotatable bonds is 6. The van der Waals surface area contributed by atoms with Gasteiger partial charge in [0.25, 0.3) is 0 Å². The van der Waals surface area contributed by atoms with Crippen LogP contribution >= 0.6 is 0 Å². The molecule has 0 bridgehead atoms. The quantitative estimate of drug-likeness (QED) is 0.736. The van der Waals surface area contributed by atoms with Gasteiger partial charge in [0.05, 0.1) is 12.4 Å². The average molecular weight is 249 g/mol. The van der Waals surface area contributed by atoms with E-state index in [1.807, 2.05) is 0 Å². The third-order valence-corrected chi connectivity index (χ3v) is 3.91. The Morgan fingerprint density at radius 2 is 1.93 bits per heavy atom. The maximum atomic E-state index is 12.4. The highest BCUT2D eigenvalue weighted by atomic mass is 32.2. The molecule has 0 radical (unpaired) electrons. The third kappa shape index (κ3) is 4.80. The van der Waals surface area contributed by atoms with E-state index in [1.54, 1.807) is 0 Å². The van der Waals surface area contributed by atoms with Gasteiger partial charge in [-0.3, -0.25) is 0 Å². The first-order chi connectivity index (χ1) is 6.75. The van der Waals surface area contributed by atoms with Crippen molar-refractivity contribution < 1.29 is 26.3 Å². The highest BCUT2D eigenvalue weighted by molar-refractivity contribution is 7.92. The molecule has 0 spiro atoms. The molecule has 8 heteroatoms. The highest BCUT2D eigenvalue weighted by Gasteiger charge is 2.47. The van der Waals surface area contributed by atoms with Gasteiger partial charge in [0.1, 0.15) is 0 Å². The van der Waals surface area contributed by atoms with Crippen molar-refractivity contribution in [2.45, 2.75) is 17.8 Å². The van der Waals surface area contributed by atoms with Crippen LogP contribution in [0.5, 0.6) is 0 Å². The number of nitrogens with two attached hydrogens (primary N) is 1. The van der Waals surface area contributed by atoms with Crippen molar-refractivity contribution in [1.82, 2.24) is 0 Å². The Morgan fingerprint density at radius 1 is 1.40 bits per heavy atom. The molecule has 2 N–H and O–H groups in total. The molecule has 0 heterocycles. The molecule has 0 aliphatic rings. The molecule has 0 aliphatic carbocycles. The van der Waals surface area contributed by atoms with Crippen LogP contribution in [0, 0.1) is 0 Å². The molecular weight excluding hydrogens is 235 g/mol. The van der Waals surface area contributed by atoms with Crippen LogP contribution < -0.4 is 5.73 Å². The zero-order chi connectivity index (χ0) is 12.1. The van der Waals surface area contributed by atoms with Gasteiger partial charge in [0.15, 0.2) is 15.1 Å². The number of alkyl halides is 3. The van der Waals surface area contributed by atoms with Gasteiger partial charge in [-0.25, -0.2) is 8.42 Å². The molecule has 0 rings (SSSR count). The second kappa shape index (κ2) is 5.66. The summed E-state index contributed by atoms with van der Waals surface area (Å²) in [4.78, 5) is 0. The standard InChI is InChI=1S/C7H14F3NO3S/c1-14-4-5-15(12,13)6(2-3-11)7(8,9)10/h6H,2-5,11H2,1H3. The lowest BCUT2D eigenvalue weighted by Gasteiger charge is -2.19. The van der Waals surface area contributed by atoms with Crippen molar-refractivity contribution in [2.24, 2.45) is 5.73 Å². The van der Waals surface area contributed by atoms with E-state index in [-0.39, 0.29) is 13.2 Å². The minimum absolute atomic E-state index is 0.251. The summed E-state index contributed by atoms with van der Waals surface area (Å²) in [5.41, 5.74) is 4.96. The second-order valence-electron chi connectivity index (χ2n) is 2.97. The van der Waals surface area contributed by atoms with E-state index < -0.39 is 33.4 Å². The van der Waals surface area contributed by atoms with Gasteiger partial charge >= 0.3 is 6.18 Å². The SMILES string of the molecule is COCCS(=O)(=O)C(CCN)C(F)(F)F. The largest absolute Gasteiger partial charge is 0.405 e. The van der Waals surface area contributed by atoms with Crippen molar-refractivity contribution in [2.75, 3.05) is 26.0 Å². The van der Waals surface area contributed by atoms with Crippen LogP contribution in [0.1, 0.15) is 6.42 Å². The molecule has 0 amide bonds. The Kier molecular flexibility index (Phi) is 5.54. The zero-order valence-electron chi connectivity index (χ0n) is 8.25. The predicted molar refractivity (Wildman–Crippen MR) is 49.2 cm³/mol. The van der Waals surface area contributed by atoms with E-state index in [0.717, 1.165) is 0 Å². The van der Waals surface area contributed by atoms with Crippen molar-refractivity contribution in [1.29, 1.82) is 0 Å². The summed E-state index contributed by atoms with van der Waals surface area (Å²) < 4.78 is 64.0. The van der Waals surface area contributed by atoms with Crippen LogP contribution in [0.2, 0.25) is 0 Å². The summed E-state index contributed by atoms with van der Waals surface area (Å²) in [5, 5.41) is -2.38. The fourth-order valence-corrected chi connectivity index (χ4v) is 2.63. The summed E-state index contributed by atoms with van der Waals surface area (Å²) in [6, 6.07) is 0. The number of methoxy groups -OCH3 is 1. The Hall–Kier alpha value is -0.340. The van der Waals surface area contributed by atoms with Gasteiger partial charge in [0, 0.05) is 7.11 Å². The van der Waals surface area contributed by atoms with E-state index in [1.165, 1.54) is 7.11 Å². The molecule has 0 aromatic rings. The van der Waals surface area contributed by atoms with Crippen molar-refractivity contribution >= 4 is 9.84 Å². The van der Waals surface area contributed by atoms with E-state index >= 15 is 0 Å². The molecule has 4 nitrogen and oxygen atoms in total. The fourth-order valence-electron chi connectivity index (χ4n) is 1.04. The van der Waals surface area contributed by atoms with Gasteiger partial charge < -0.3 is 10.5 Å². The smallest absolute Gasteiger partial charge is 0.384 e. The minimum Gasteiger partial charge on any atom is -0.384 e. The number of hydrogen-bond donors (Lipinski definition) is 1. The third-order valence-electron chi connectivity index (χ3n) is 1.80. The Bertz CT molecular complexity index is 276. The van der Waals surface area contributed by atoms with Crippen LogP contribution in [0.15, 0.2) is 0 Å². The Morgan fingerprint density at radius 3 is 2.27 bits per heavy atom. The molecule has 92 valence electrons. The fraction of sp³-hybridized carbons (Fsp3) is 1.00. The van der Waals surface area contributed by atoms with E-state index in [0.29, 0.717) is 0 Å². The number of hydrogen-bond acceptors (Lipinski definition) is 4. The van der Waals surface area contributed by atoms with E-state index in [2.05, 4.69) is 4.74 Å². The maximum Gasteiger partial charge on any atom is 0.405 e. The van der Waals surface area contributed by atoms with Crippen LogP contribution in [0.25, 0.3) is 0 Å². The summed E-state index contributed by atoms with van der Waals surface area (Å²) in [6.45, 7) is -0.574. The summed E-state index contributed by atoms with van der Waals surface area (Å²) >= 11 is 0. The first-order valence-electron chi connectivity index (χ1n) is 4.23. The molecular formula is C7H14F3NO3S. The molecule has 1 atom stereocenters. The number of ether oxygens (including phenoxy) is 1. The normalized spacial score (nSPS) is 15.3. The van der Waals surface area contributed by atoms with Crippen molar-refractivity contribution in [3.63, 3.8) is 0 Å². The average Bonchev–Trinajstić information content (AvgIpc) is 2.09. The van der Waals surface area contributed by atoms with E-state index in [9.17, 15) is 21.6 Å². The van der Waals surface area contributed by atoms with Gasteiger partial charge in [-0.05, 0) is 13.0 Å². The molecule has 0 aliphatic heterocycles. The van der Waals surface area contributed by atoms with E-state index in [4.69, 9.17) is 5.73 Å². The van der Waals surface area contributed by atoms with Crippen LogP contribution in [0.4, 0.5) is 13.2 Å². The molecule has 1 unspecified atom stereocenters. The van der Waals surface area contributed by atoms with Gasteiger partial charge in [0.2, 0.25) is 0 Å². The van der Waals surface area contributed by atoms with Crippen LogP contribution in [-0.2, 0) is 14.6 Å². The minimum atomic E-state index is -4.77. The summed E-state index contributed by atoms with van der Waals surface area (Å²) in [6.07, 6.45) is -5.39.